The molecular weight excluding hydrogens is 287 g/mol. The zero-order valence-electron chi connectivity index (χ0n) is 11.2. The summed E-state index contributed by atoms with van der Waals surface area (Å²) in [5.41, 5.74) is -1.81. The van der Waals surface area contributed by atoms with Gasteiger partial charge in [-0.1, -0.05) is 18.2 Å². The van der Waals surface area contributed by atoms with Crippen LogP contribution in [0.2, 0.25) is 0 Å². The van der Waals surface area contributed by atoms with Crippen LogP contribution in [0.15, 0.2) is 30.3 Å². The highest BCUT2D eigenvalue weighted by atomic mass is 19.4. The summed E-state index contributed by atoms with van der Waals surface area (Å²) in [4.78, 5) is 23.8. The lowest BCUT2D eigenvalue weighted by Gasteiger charge is -2.19. The van der Waals surface area contributed by atoms with Crippen molar-refractivity contribution in [3.63, 3.8) is 0 Å². The predicted octanol–water partition coefficient (Wildman–Crippen LogP) is 2.30. The molecule has 0 aliphatic heterocycles. The number of carbonyl (C=O) groups excluding carboxylic acids is 2. The average Bonchev–Trinajstić information content (AvgIpc) is 3.16. The number of rotatable bonds is 4. The molecule has 2 atom stereocenters. The second kappa shape index (κ2) is 5.38. The van der Waals surface area contributed by atoms with Crippen molar-refractivity contribution in [1.82, 2.24) is 5.32 Å². The summed E-state index contributed by atoms with van der Waals surface area (Å²) in [7, 11) is 0. The molecule has 0 heterocycles. The number of esters is 1. The summed E-state index contributed by atoms with van der Waals surface area (Å²) < 4.78 is 43.2. The third-order valence-electron chi connectivity index (χ3n) is 3.37. The Morgan fingerprint density at radius 1 is 1.33 bits per heavy atom. The lowest BCUT2D eigenvalue weighted by Crippen LogP contribution is -2.48. The first-order valence-corrected chi connectivity index (χ1v) is 6.42. The fraction of sp³-hybridized carbons (Fsp3) is 0.429. The van der Waals surface area contributed by atoms with E-state index in [1.165, 1.54) is 19.1 Å². The molecule has 1 aliphatic rings. The third-order valence-corrected chi connectivity index (χ3v) is 3.37. The van der Waals surface area contributed by atoms with Crippen molar-refractivity contribution >= 4 is 11.9 Å². The van der Waals surface area contributed by atoms with Gasteiger partial charge in [-0.25, -0.2) is 4.79 Å². The molecule has 4 nitrogen and oxygen atoms in total. The highest BCUT2D eigenvalue weighted by Crippen LogP contribution is 2.54. The molecule has 1 aliphatic carbocycles. The lowest BCUT2D eigenvalue weighted by atomic mass is 10.1. The Kier molecular flexibility index (Phi) is 3.93. The van der Waals surface area contributed by atoms with Crippen LogP contribution in [0, 0.1) is 5.92 Å². The van der Waals surface area contributed by atoms with E-state index in [1.807, 2.05) is 0 Å². The fourth-order valence-corrected chi connectivity index (χ4v) is 2.20. The number of carbonyl (C=O) groups is 2. The third kappa shape index (κ3) is 3.01. The van der Waals surface area contributed by atoms with Gasteiger partial charge >= 0.3 is 12.1 Å². The number of hydrogen-bond acceptors (Lipinski definition) is 3. The minimum atomic E-state index is -4.56. The van der Waals surface area contributed by atoms with Crippen LogP contribution in [0.4, 0.5) is 13.2 Å². The van der Waals surface area contributed by atoms with Gasteiger partial charge in [0.15, 0.2) is 5.54 Å². The van der Waals surface area contributed by atoms with Gasteiger partial charge < -0.3 is 10.1 Å². The van der Waals surface area contributed by atoms with E-state index < -0.39 is 35.9 Å². The summed E-state index contributed by atoms with van der Waals surface area (Å²) in [5, 5.41) is 2.19. The largest absolute Gasteiger partial charge is 0.464 e. The molecule has 21 heavy (non-hydrogen) atoms. The first kappa shape index (κ1) is 15.3. The van der Waals surface area contributed by atoms with Crippen molar-refractivity contribution < 1.29 is 27.5 Å². The van der Waals surface area contributed by atoms with Crippen LogP contribution >= 0.6 is 0 Å². The van der Waals surface area contributed by atoms with Crippen molar-refractivity contribution in [2.45, 2.75) is 25.1 Å². The molecule has 1 unspecified atom stereocenters. The quantitative estimate of drug-likeness (QED) is 0.868. The zero-order valence-corrected chi connectivity index (χ0v) is 11.2. The minimum absolute atomic E-state index is 0.0492. The lowest BCUT2D eigenvalue weighted by molar-refractivity contribution is -0.166. The summed E-state index contributed by atoms with van der Waals surface area (Å²) >= 11 is 0. The molecule has 1 amide bonds. The Morgan fingerprint density at radius 2 is 1.95 bits per heavy atom. The van der Waals surface area contributed by atoms with Crippen LogP contribution in [0.1, 0.15) is 23.7 Å². The molecule has 2 rings (SSSR count). The standard InChI is InChI=1S/C14H14F3NO3/c1-2-21-12(20)13(8-10(13)14(15,16)17)18-11(19)9-6-4-3-5-7-9/h3-7,10H,2,8H2,1H3,(H,18,19)/t10?,13-/m0/s1. The Balaban J connectivity index is 2.19. The van der Waals surface area contributed by atoms with Gasteiger partial charge in [0.25, 0.3) is 5.91 Å². The smallest absolute Gasteiger partial charge is 0.394 e. The van der Waals surface area contributed by atoms with E-state index in [4.69, 9.17) is 0 Å². The number of amides is 1. The molecule has 114 valence electrons. The van der Waals surface area contributed by atoms with E-state index in [-0.39, 0.29) is 12.2 Å². The van der Waals surface area contributed by atoms with Crippen LogP contribution in [0.5, 0.6) is 0 Å². The topological polar surface area (TPSA) is 55.4 Å². The number of benzene rings is 1. The van der Waals surface area contributed by atoms with Gasteiger partial charge in [-0.2, -0.15) is 13.2 Å². The maximum Gasteiger partial charge on any atom is 0.394 e. The molecule has 0 aromatic heterocycles. The van der Waals surface area contributed by atoms with Gasteiger partial charge in [-0.15, -0.1) is 0 Å². The second-order valence-corrected chi connectivity index (χ2v) is 4.81. The van der Waals surface area contributed by atoms with E-state index >= 15 is 0 Å². The Morgan fingerprint density at radius 3 is 2.43 bits per heavy atom. The molecule has 1 fully saturated rings. The molecule has 1 aromatic rings. The monoisotopic (exact) mass is 301 g/mol. The maximum atomic E-state index is 12.8. The van der Waals surface area contributed by atoms with Crippen LogP contribution in [0.25, 0.3) is 0 Å². The van der Waals surface area contributed by atoms with E-state index in [0.717, 1.165) is 0 Å². The molecule has 1 saturated carbocycles. The first-order valence-electron chi connectivity index (χ1n) is 6.42. The van der Waals surface area contributed by atoms with E-state index in [9.17, 15) is 22.8 Å². The van der Waals surface area contributed by atoms with E-state index in [1.54, 1.807) is 18.2 Å². The Hall–Kier alpha value is -2.05. The normalized spacial score (nSPS) is 24.3. The minimum Gasteiger partial charge on any atom is -0.464 e. The molecule has 1 N–H and O–H groups in total. The second-order valence-electron chi connectivity index (χ2n) is 4.81. The van der Waals surface area contributed by atoms with Gasteiger partial charge in [0.2, 0.25) is 0 Å². The molecule has 1 aromatic carbocycles. The van der Waals surface area contributed by atoms with Crippen molar-refractivity contribution in [3.05, 3.63) is 35.9 Å². The molecular formula is C14H14F3NO3. The number of nitrogens with one attached hydrogen (secondary N) is 1. The number of hydrogen-bond donors (Lipinski definition) is 1. The van der Waals surface area contributed by atoms with E-state index in [0.29, 0.717) is 0 Å². The summed E-state index contributed by atoms with van der Waals surface area (Å²) in [6.07, 6.45) is -5.05. The summed E-state index contributed by atoms with van der Waals surface area (Å²) in [5.74, 6) is -3.68. The van der Waals surface area contributed by atoms with Gasteiger partial charge in [0, 0.05) is 5.56 Å². The van der Waals surface area contributed by atoms with Gasteiger partial charge in [0.1, 0.15) is 0 Å². The number of halogens is 3. The Bertz CT molecular complexity index is 544. The predicted molar refractivity (Wildman–Crippen MR) is 67.4 cm³/mol. The van der Waals surface area contributed by atoms with Crippen molar-refractivity contribution in [3.8, 4) is 0 Å². The molecule has 0 spiro atoms. The van der Waals surface area contributed by atoms with Crippen molar-refractivity contribution in [1.29, 1.82) is 0 Å². The van der Waals surface area contributed by atoms with E-state index in [2.05, 4.69) is 10.1 Å². The van der Waals surface area contributed by atoms with Gasteiger partial charge in [-0.3, -0.25) is 4.79 Å². The van der Waals surface area contributed by atoms with Crippen molar-refractivity contribution in [2.24, 2.45) is 5.92 Å². The molecule has 7 heteroatoms. The van der Waals surface area contributed by atoms with Gasteiger partial charge in [-0.05, 0) is 25.5 Å². The molecule has 0 radical (unpaired) electrons. The summed E-state index contributed by atoms with van der Waals surface area (Å²) in [6.45, 7) is 1.45. The SMILES string of the molecule is CCOC(=O)[C@]1(NC(=O)c2ccccc2)CC1C(F)(F)F. The van der Waals surface area contributed by atoms with Crippen LogP contribution < -0.4 is 5.32 Å². The highest BCUT2D eigenvalue weighted by Gasteiger charge is 2.72. The number of alkyl halides is 3. The van der Waals surface area contributed by atoms with Crippen molar-refractivity contribution in [2.75, 3.05) is 6.61 Å². The van der Waals surface area contributed by atoms with Crippen LogP contribution in [0.3, 0.4) is 0 Å². The first-order chi connectivity index (χ1) is 9.81. The molecule has 0 bridgehead atoms. The van der Waals surface area contributed by atoms with Crippen LogP contribution in [-0.2, 0) is 9.53 Å². The Labute approximate surface area is 119 Å². The number of ether oxygens (including phenoxy) is 1. The van der Waals surface area contributed by atoms with Gasteiger partial charge in [0.05, 0.1) is 12.5 Å². The average molecular weight is 301 g/mol. The summed E-state index contributed by atoms with van der Waals surface area (Å²) in [6, 6.07) is 7.76. The fourth-order valence-electron chi connectivity index (χ4n) is 2.20. The molecule has 0 saturated heterocycles. The maximum absolute atomic E-state index is 12.8. The highest BCUT2D eigenvalue weighted by molar-refractivity contribution is 5.99. The van der Waals surface area contributed by atoms with Crippen LogP contribution in [-0.4, -0.2) is 30.2 Å². The zero-order chi connectivity index (χ0) is 15.7.